The average Bonchev–Trinajstić information content (AvgIpc) is 2.77. The van der Waals surface area contributed by atoms with Gasteiger partial charge in [-0.2, -0.15) is 0 Å². The highest BCUT2D eigenvalue weighted by Gasteiger charge is 2.33. The molecule has 0 atom stereocenters. The summed E-state index contributed by atoms with van der Waals surface area (Å²) in [4.78, 5) is 4.65. The van der Waals surface area contributed by atoms with Crippen molar-refractivity contribution in [3.8, 4) is 0 Å². The molecule has 1 N–H and O–H groups in total. The molecule has 2 aromatic rings. The van der Waals surface area contributed by atoms with Crippen molar-refractivity contribution < 1.29 is 5.83 Å². The highest BCUT2D eigenvalue weighted by atomic mass is 16.3. The summed E-state index contributed by atoms with van der Waals surface area (Å²) >= 11 is 0. The number of fused-ring (bicyclic) bond motifs is 1. The topological polar surface area (TPSA) is 38.1 Å². The van der Waals surface area contributed by atoms with Crippen LogP contribution in [0.25, 0.3) is 11.1 Å². The van der Waals surface area contributed by atoms with Crippen molar-refractivity contribution in [3.63, 3.8) is 0 Å². The third-order valence-corrected chi connectivity index (χ3v) is 3.70. The number of hydrogen-bond donors (Lipinski definition) is 1. The van der Waals surface area contributed by atoms with Crippen LogP contribution in [0.4, 0.5) is 0 Å². The van der Waals surface area contributed by atoms with Crippen LogP contribution >= 0.6 is 0 Å². The minimum atomic E-state index is -0.0233. The van der Waals surface area contributed by atoms with E-state index in [0.717, 1.165) is 42.9 Å². The van der Waals surface area contributed by atoms with Gasteiger partial charge in [0, 0.05) is 5.41 Å². The van der Waals surface area contributed by atoms with Crippen LogP contribution in [0, 0.1) is 6.92 Å². The predicted octanol–water partition coefficient (Wildman–Crippen LogP) is 2.78. The van der Waals surface area contributed by atoms with E-state index in [9.17, 15) is 0 Å². The quantitative estimate of drug-likeness (QED) is 0.820. The number of rotatable bonds is 1. The number of benzene rings is 1. The van der Waals surface area contributed by atoms with E-state index in [-0.39, 0.29) is 5.41 Å². The normalized spacial score (nSPS) is 21.6. The number of piperidine rings is 1. The molecule has 3 nitrogen and oxygen atoms in total. The molecule has 0 aliphatic carbocycles. The van der Waals surface area contributed by atoms with Crippen LogP contribution in [0.15, 0.2) is 22.6 Å². The fraction of sp³-hybridized carbons (Fsp3) is 0.500. The van der Waals surface area contributed by atoms with Crippen LogP contribution in [0.1, 0.15) is 31.2 Å². The van der Waals surface area contributed by atoms with E-state index < -0.39 is 0 Å². The fourth-order valence-corrected chi connectivity index (χ4v) is 2.40. The van der Waals surface area contributed by atoms with Gasteiger partial charge in [0.25, 0.3) is 0 Å². The Labute approximate surface area is 103 Å². The summed E-state index contributed by atoms with van der Waals surface area (Å²) < 4.78 is 13.5. The molecule has 1 aliphatic rings. The Morgan fingerprint density at radius 2 is 2.18 bits per heavy atom. The van der Waals surface area contributed by atoms with Crippen LogP contribution in [0.3, 0.4) is 0 Å². The van der Waals surface area contributed by atoms with Gasteiger partial charge in [-0.3, -0.25) is 0 Å². The van der Waals surface area contributed by atoms with Crippen LogP contribution in [0.5, 0.6) is 0 Å². The molecule has 17 heavy (non-hydrogen) atoms. The largest absolute Gasteiger partial charge is 0.440 e. The maximum atomic E-state index is 7.63. The van der Waals surface area contributed by atoms with E-state index in [4.69, 9.17) is 5.83 Å². The maximum absolute atomic E-state index is 7.63. The lowest BCUT2D eigenvalue weighted by molar-refractivity contribution is 0.275. The van der Waals surface area contributed by atoms with Crippen molar-refractivity contribution in [2.75, 3.05) is 13.1 Å². The minimum absolute atomic E-state index is 0.0233. The van der Waals surface area contributed by atoms with Crippen molar-refractivity contribution in [2.45, 2.75) is 32.1 Å². The molecule has 90 valence electrons. The zero-order chi connectivity index (χ0) is 12.8. The van der Waals surface area contributed by atoms with E-state index in [1.54, 1.807) is 5.31 Å². The molecule has 3 rings (SSSR count). The highest BCUT2D eigenvalue weighted by molar-refractivity contribution is 5.73. The Hall–Kier alpha value is -1.35. The van der Waals surface area contributed by atoms with Gasteiger partial charge < -0.3 is 9.73 Å². The molecule has 0 saturated carbocycles. The highest BCUT2D eigenvalue weighted by Crippen LogP contribution is 2.34. The van der Waals surface area contributed by atoms with Gasteiger partial charge >= 0.3 is 0 Å². The van der Waals surface area contributed by atoms with E-state index >= 15 is 0 Å². The molecule has 1 saturated heterocycles. The smallest absolute Gasteiger partial charge is 0.201 e. The van der Waals surface area contributed by atoms with Gasteiger partial charge in [0.2, 0.25) is 5.89 Å². The van der Waals surface area contributed by atoms with Gasteiger partial charge in [0.15, 0.2) is 5.58 Å². The van der Waals surface area contributed by atoms with Gasteiger partial charge in [0.05, 0.1) is 0 Å². The summed E-state index contributed by atoms with van der Waals surface area (Å²) in [5.74, 6) is 0.830. The summed E-state index contributed by atoms with van der Waals surface area (Å²) in [5.41, 5.74) is 2.99. The standard InChI is InChI=1S/C14H18N2O/c1-10-3-4-12-11(9-10)16-13(17-12)14(2)5-7-15-8-6-14/h3-4,9,15H,5-8H2,1-2H3/i/hD. The van der Waals surface area contributed by atoms with Gasteiger partial charge in [-0.05, 0) is 50.6 Å². The monoisotopic (exact) mass is 231 g/mol. The number of nitrogens with one attached hydrogen (secondary N) is 1. The van der Waals surface area contributed by atoms with Crippen LogP contribution in [-0.4, -0.2) is 18.1 Å². The molecule has 0 unspecified atom stereocenters. The lowest BCUT2D eigenvalue weighted by Crippen LogP contribution is -2.37. The molecule has 1 aromatic heterocycles. The summed E-state index contributed by atoms with van der Waals surface area (Å²) in [6.45, 7) is 5.83. The Bertz CT molecular complexity index is 570. The second-order valence-electron chi connectivity index (χ2n) is 5.22. The Kier molecular flexibility index (Phi) is 2.18. The molecule has 0 bridgehead atoms. The first-order chi connectivity index (χ1) is 8.57. The Morgan fingerprint density at radius 1 is 1.41 bits per heavy atom. The zero-order valence-electron chi connectivity index (χ0n) is 11.4. The first-order valence-corrected chi connectivity index (χ1v) is 6.18. The summed E-state index contributed by atoms with van der Waals surface area (Å²) in [6, 6.07) is 6.10. The number of oxazole rings is 1. The number of aryl methyl sites for hydroxylation is 1. The van der Waals surface area contributed by atoms with Gasteiger partial charge in [-0.15, -0.1) is 0 Å². The predicted molar refractivity (Wildman–Crippen MR) is 68.2 cm³/mol. The van der Waals surface area contributed by atoms with Gasteiger partial charge in [0.1, 0.15) is 6.93 Å². The molecular formula is C14H18N2O. The molecule has 2 heterocycles. The van der Waals surface area contributed by atoms with Crippen LogP contribution < -0.4 is 5.31 Å². The number of hydrogen-bond acceptors (Lipinski definition) is 3. The number of aromatic nitrogens is 1. The SMILES string of the molecule is [2H]N1CCC(C)(c2nc3cc(C)ccc3o2)CC1. The maximum Gasteiger partial charge on any atom is 0.201 e. The second-order valence-corrected chi connectivity index (χ2v) is 5.22. The van der Waals surface area contributed by atoms with Crippen molar-refractivity contribution in [1.82, 2.24) is 10.3 Å². The van der Waals surface area contributed by atoms with Crippen molar-refractivity contribution in [3.05, 3.63) is 29.7 Å². The van der Waals surface area contributed by atoms with E-state index in [1.807, 2.05) is 12.1 Å². The second kappa shape index (κ2) is 3.84. The third-order valence-electron chi connectivity index (χ3n) is 3.70. The summed E-state index contributed by atoms with van der Waals surface area (Å²) in [7, 11) is 0. The lowest BCUT2D eigenvalue weighted by Gasteiger charge is -2.30. The van der Waals surface area contributed by atoms with Crippen molar-refractivity contribution in [2.24, 2.45) is 0 Å². The molecule has 0 radical (unpaired) electrons. The molecule has 0 spiro atoms. The fourth-order valence-electron chi connectivity index (χ4n) is 2.40. The lowest BCUT2D eigenvalue weighted by atomic mass is 9.81. The third kappa shape index (κ3) is 1.84. The van der Waals surface area contributed by atoms with Crippen LogP contribution in [-0.2, 0) is 5.41 Å². The molecule has 3 heteroatoms. The zero-order valence-corrected chi connectivity index (χ0v) is 10.4. The van der Waals surface area contributed by atoms with Gasteiger partial charge in [-0.1, -0.05) is 13.0 Å². The first kappa shape index (κ1) is 9.66. The van der Waals surface area contributed by atoms with Crippen LogP contribution in [0.2, 0.25) is 1.41 Å². The molecule has 1 aromatic carbocycles. The average molecular weight is 231 g/mol. The molecule has 0 amide bonds. The molecular weight excluding hydrogens is 212 g/mol. The minimum Gasteiger partial charge on any atom is -0.440 e. The summed E-state index contributed by atoms with van der Waals surface area (Å²) in [5, 5.41) is 1.62. The Balaban J connectivity index is 1.98. The van der Waals surface area contributed by atoms with E-state index in [0.29, 0.717) is 0 Å². The van der Waals surface area contributed by atoms with E-state index in [2.05, 4.69) is 24.9 Å². The Morgan fingerprint density at radius 3 is 2.94 bits per heavy atom. The van der Waals surface area contributed by atoms with Gasteiger partial charge in [-0.25, -0.2) is 4.98 Å². The first-order valence-electron chi connectivity index (χ1n) is 6.63. The molecule has 1 fully saturated rings. The van der Waals surface area contributed by atoms with E-state index in [1.165, 1.54) is 5.56 Å². The van der Waals surface area contributed by atoms with Crippen molar-refractivity contribution in [1.29, 1.82) is 0 Å². The number of nitrogens with zero attached hydrogens (tertiary/aromatic N) is 1. The van der Waals surface area contributed by atoms with Crippen molar-refractivity contribution >= 4 is 11.1 Å². The molecule has 1 aliphatic heterocycles. The summed E-state index contributed by atoms with van der Waals surface area (Å²) in [6.07, 6.45) is 1.87.